The van der Waals surface area contributed by atoms with Crippen LogP contribution in [0.1, 0.15) is 43.8 Å². The van der Waals surface area contributed by atoms with E-state index in [1.807, 2.05) is 12.1 Å². The van der Waals surface area contributed by atoms with E-state index >= 15 is 0 Å². The minimum Gasteiger partial charge on any atom is -0.394 e. The van der Waals surface area contributed by atoms with E-state index in [1.54, 1.807) is 12.1 Å². The minimum atomic E-state index is -1.97. The van der Waals surface area contributed by atoms with Crippen LogP contribution < -0.4 is 0 Å². The third-order valence-electron chi connectivity index (χ3n) is 5.86. The molecule has 1 aliphatic heterocycles. The molecule has 1 unspecified atom stereocenters. The van der Waals surface area contributed by atoms with Gasteiger partial charge in [-0.25, -0.2) is 0 Å². The van der Waals surface area contributed by atoms with Crippen molar-refractivity contribution in [1.29, 1.82) is 0 Å². The Bertz CT molecular complexity index is 965. The van der Waals surface area contributed by atoms with Crippen molar-refractivity contribution >= 4 is 11.6 Å². The van der Waals surface area contributed by atoms with E-state index in [0.29, 0.717) is 11.5 Å². The van der Waals surface area contributed by atoms with E-state index < -0.39 is 43.2 Å². The van der Waals surface area contributed by atoms with Crippen molar-refractivity contribution in [2.45, 2.75) is 55.3 Å². The Morgan fingerprint density at radius 1 is 1.13 bits per heavy atom. The molecule has 0 spiro atoms. The van der Waals surface area contributed by atoms with Gasteiger partial charge in [0.1, 0.15) is 24.4 Å². The van der Waals surface area contributed by atoms with Crippen LogP contribution in [0.3, 0.4) is 0 Å². The summed E-state index contributed by atoms with van der Waals surface area (Å²) < 4.78 is 28.7. The summed E-state index contributed by atoms with van der Waals surface area (Å²) in [4.78, 5) is 0. The predicted molar refractivity (Wildman–Crippen MR) is 111 cm³/mol. The molecule has 0 aromatic heterocycles. The van der Waals surface area contributed by atoms with Gasteiger partial charge >= 0.3 is 0 Å². The van der Waals surface area contributed by atoms with Gasteiger partial charge < -0.3 is 29.9 Å². The van der Waals surface area contributed by atoms with Crippen LogP contribution in [0.5, 0.6) is 0 Å². The van der Waals surface area contributed by atoms with E-state index in [2.05, 4.69) is 0 Å². The Morgan fingerprint density at radius 2 is 1.83 bits per heavy atom. The highest BCUT2D eigenvalue weighted by Gasteiger charge is 2.55. The van der Waals surface area contributed by atoms with Crippen LogP contribution in [0.15, 0.2) is 42.5 Å². The third-order valence-corrected chi connectivity index (χ3v) is 6.19. The summed E-state index contributed by atoms with van der Waals surface area (Å²) in [5, 5.41) is 40.9. The molecule has 162 valence electrons. The lowest BCUT2D eigenvalue weighted by atomic mass is 9.87. The van der Waals surface area contributed by atoms with E-state index in [4.69, 9.17) is 23.8 Å². The standard InChI is InChI=1S/C23H27ClO6/c1-29-23(22(28)21(27)20(26)19(12-25)30-23)17-8-9-18(24)16(11-17)10-13-2-4-14(5-3-13)15-6-7-15/h2-5,8-9,11,15,19-22,25-28H,6-7,10,12H2,1H3/t19-,20-,21+,22-,23?/m1/s1/i10D2. The number of rotatable bonds is 6. The van der Waals surface area contributed by atoms with Crippen molar-refractivity contribution in [3.05, 3.63) is 69.7 Å². The highest BCUT2D eigenvalue weighted by Crippen LogP contribution is 2.41. The average Bonchev–Trinajstić information content (AvgIpc) is 3.64. The minimum absolute atomic E-state index is 0.129. The Labute approximate surface area is 183 Å². The molecule has 1 aliphatic carbocycles. The van der Waals surface area contributed by atoms with Gasteiger partial charge in [0.15, 0.2) is 0 Å². The Hall–Kier alpha value is -1.51. The van der Waals surface area contributed by atoms with Crippen LogP contribution in [0, 0.1) is 0 Å². The van der Waals surface area contributed by atoms with Gasteiger partial charge in [0.2, 0.25) is 5.79 Å². The number of methoxy groups -OCH3 is 1. The maximum atomic E-state index is 10.7. The second kappa shape index (κ2) is 8.55. The van der Waals surface area contributed by atoms with Crippen molar-refractivity contribution in [2.75, 3.05) is 13.7 Å². The molecule has 5 atom stereocenters. The maximum absolute atomic E-state index is 10.7. The van der Waals surface area contributed by atoms with Crippen molar-refractivity contribution in [1.82, 2.24) is 0 Å². The summed E-state index contributed by atoms with van der Waals surface area (Å²) in [6, 6.07) is 11.7. The van der Waals surface area contributed by atoms with Gasteiger partial charge in [-0.1, -0.05) is 41.9 Å². The summed E-state index contributed by atoms with van der Waals surface area (Å²) in [7, 11) is 1.25. The lowest BCUT2D eigenvalue weighted by molar-refractivity contribution is -0.366. The molecule has 2 aromatic carbocycles. The second-order valence-electron chi connectivity index (χ2n) is 7.85. The fraction of sp³-hybridized carbons (Fsp3) is 0.478. The van der Waals surface area contributed by atoms with Gasteiger partial charge in [-0.3, -0.25) is 0 Å². The normalized spacial score (nSPS) is 33.1. The first-order chi connectivity index (χ1) is 15.2. The molecule has 0 amide bonds. The number of aliphatic hydroxyl groups excluding tert-OH is 4. The van der Waals surface area contributed by atoms with Crippen LogP contribution in [-0.4, -0.2) is 58.6 Å². The topological polar surface area (TPSA) is 99.4 Å². The van der Waals surface area contributed by atoms with E-state index in [0.717, 1.165) is 12.8 Å². The number of hydrogen-bond donors (Lipinski definition) is 4. The van der Waals surface area contributed by atoms with E-state index in [1.165, 1.54) is 30.9 Å². The number of benzene rings is 2. The molecule has 0 bridgehead atoms. The molecule has 7 heteroatoms. The monoisotopic (exact) mass is 436 g/mol. The number of ether oxygens (including phenoxy) is 2. The van der Waals surface area contributed by atoms with Crippen molar-refractivity contribution in [3.63, 3.8) is 0 Å². The molecule has 1 saturated carbocycles. The van der Waals surface area contributed by atoms with Crippen LogP contribution in [0.4, 0.5) is 0 Å². The summed E-state index contributed by atoms with van der Waals surface area (Å²) in [5.74, 6) is -1.40. The number of hydrogen-bond acceptors (Lipinski definition) is 6. The summed E-state index contributed by atoms with van der Waals surface area (Å²) in [5.41, 5.74) is 1.92. The number of halogens is 1. The van der Waals surface area contributed by atoms with Gasteiger partial charge in [0.25, 0.3) is 0 Å². The molecule has 2 fully saturated rings. The van der Waals surface area contributed by atoms with Crippen LogP contribution in [0.2, 0.25) is 5.02 Å². The molecule has 0 radical (unpaired) electrons. The highest BCUT2D eigenvalue weighted by molar-refractivity contribution is 6.31. The van der Waals surface area contributed by atoms with Gasteiger partial charge in [0, 0.05) is 20.4 Å². The van der Waals surface area contributed by atoms with Gasteiger partial charge in [-0.2, -0.15) is 0 Å². The first-order valence-corrected chi connectivity index (χ1v) is 10.3. The lowest BCUT2D eigenvalue weighted by Gasteiger charge is -2.47. The summed E-state index contributed by atoms with van der Waals surface area (Å²) in [6.45, 7) is -0.620. The molecular weight excluding hydrogens is 408 g/mol. The van der Waals surface area contributed by atoms with Crippen LogP contribution in [0.25, 0.3) is 0 Å². The summed E-state index contributed by atoms with van der Waals surface area (Å²) in [6.07, 6.45) is -5.79. The Balaban J connectivity index is 1.75. The van der Waals surface area contributed by atoms with Gasteiger partial charge in [-0.15, -0.1) is 0 Å². The van der Waals surface area contributed by atoms with Gasteiger partial charge in [0.05, 0.1) is 6.61 Å². The van der Waals surface area contributed by atoms with Crippen molar-refractivity contribution in [2.24, 2.45) is 0 Å². The molecule has 1 saturated heterocycles. The largest absolute Gasteiger partial charge is 0.394 e. The molecule has 2 aromatic rings. The molecular formula is C23H27ClO6. The Kier molecular flexibility index (Phi) is 5.47. The van der Waals surface area contributed by atoms with E-state index in [-0.39, 0.29) is 16.1 Å². The van der Waals surface area contributed by atoms with Crippen LogP contribution >= 0.6 is 11.6 Å². The molecule has 30 heavy (non-hydrogen) atoms. The van der Waals surface area contributed by atoms with E-state index in [9.17, 15) is 20.4 Å². The smallest absolute Gasteiger partial charge is 0.224 e. The Morgan fingerprint density at radius 3 is 2.43 bits per heavy atom. The second-order valence-corrected chi connectivity index (χ2v) is 8.26. The van der Waals surface area contributed by atoms with Crippen LogP contribution in [-0.2, 0) is 21.6 Å². The van der Waals surface area contributed by atoms with Crippen molar-refractivity contribution in [3.8, 4) is 0 Å². The molecule has 4 rings (SSSR count). The predicted octanol–water partition coefficient (Wildman–Crippen LogP) is 2.08. The molecule has 6 nitrogen and oxygen atoms in total. The fourth-order valence-electron chi connectivity index (χ4n) is 3.92. The lowest BCUT2D eigenvalue weighted by Crippen LogP contribution is -2.64. The zero-order valence-corrected chi connectivity index (χ0v) is 17.3. The zero-order chi connectivity index (χ0) is 23.3. The quantitative estimate of drug-likeness (QED) is 0.553. The summed E-state index contributed by atoms with van der Waals surface area (Å²) >= 11 is 6.38. The molecule has 2 aliphatic rings. The first-order valence-electron chi connectivity index (χ1n) is 10.9. The number of aliphatic hydroxyl groups is 4. The average molecular weight is 437 g/mol. The highest BCUT2D eigenvalue weighted by atomic mass is 35.5. The SMILES string of the molecule is [2H]C([2H])(c1ccc(C2CC2)cc1)c1cc(C2(OC)O[C@H](CO)[C@@H](O)[C@H](O)[C@H]2O)ccc1Cl. The zero-order valence-electron chi connectivity index (χ0n) is 18.5. The van der Waals surface area contributed by atoms with Crippen molar-refractivity contribution < 1.29 is 32.6 Å². The van der Waals surface area contributed by atoms with Gasteiger partial charge in [-0.05, 0) is 54.0 Å². The molecule has 4 N–H and O–H groups in total. The maximum Gasteiger partial charge on any atom is 0.224 e. The molecule has 1 heterocycles. The third kappa shape index (κ3) is 3.89. The first kappa shape index (κ1) is 19.2. The fourth-order valence-corrected chi connectivity index (χ4v) is 4.08.